The minimum atomic E-state index is -0.640. The van der Waals surface area contributed by atoms with Gasteiger partial charge in [-0.25, -0.2) is 0 Å². The molecule has 0 bridgehead atoms. The van der Waals surface area contributed by atoms with Gasteiger partial charge in [-0.05, 0) is 16.7 Å². The molecular formula is C23H20OS3. The zero-order valence-electron chi connectivity index (χ0n) is 14.8. The van der Waals surface area contributed by atoms with Crippen LogP contribution in [-0.4, -0.2) is 21.1 Å². The molecule has 136 valence electrons. The molecule has 27 heavy (non-hydrogen) atoms. The van der Waals surface area contributed by atoms with Gasteiger partial charge in [0.05, 0.1) is 6.61 Å². The lowest BCUT2D eigenvalue weighted by Crippen LogP contribution is -2.35. The second kappa shape index (κ2) is 8.61. The summed E-state index contributed by atoms with van der Waals surface area (Å²) in [5.74, 6) is 1.01. The monoisotopic (exact) mass is 408 g/mol. The van der Waals surface area contributed by atoms with E-state index in [4.69, 9.17) is 17.0 Å². The van der Waals surface area contributed by atoms with Crippen molar-refractivity contribution >= 4 is 39.3 Å². The molecule has 1 atom stereocenters. The van der Waals surface area contributed by atoms with E-state index in [1.807, 2.05) is 18.2 Å². The first kappa shape index (κ1) is 18.8. The molecule has 1 saturated heterocycles. The van der Waals surface area contributed by atoms with Crippen LogP contribution >= 0.6 is 35.7 Å². The molecule has 1 aliphatic heterocycles. The molecule has 1 nitrogen and oxygen atoms in total. The molecule has 0 aliphatic carbocycles. The Hall–Kier alpha value is -1.59. The highest BCUT2D eigenvalue weighted by molar-refractivity contribution is 8.49. The number of thioether (sulfide) groups is 2. The lowest BCUT2D eigenvalue weighted by molar-refractivity contribution is 0.0159. The van der Waals surface area contributed by atoms with Gasteiger partial charge in [0.25, 0.3) is 0 Å². The summed E-state index contributed by atoms with van der Waals surface area (Å²) in [6.45, 7) is 0.649. The highest BCUT2D eigenvalue weighted by Crippen LogP contribution is 2.42. The molecule has 4 rings (SSSR count). The highest BCUT2D eigenvalue weighted by atomic mass is 32.2. The molecule has 0 unspecified atom stereocenters. The Morgan fingerprint density at radius 1 is 0.778 bits per heavy atom. The van der Waals surface area contributed by atoms with Gasteiger partial charge >= 0.3 is 0 Å². The predicted molar refractivity (Wildman–Crippen MR) is 122 cm³/mol. The molecule has 0 N–H and O–H groups in total. The molecule has 1 heterocycles. The fourth-order valence-electron chi connectivity index (χ4n) is 3.43. The van der Waals surface area contributed by atoms with E-state index in [9.17, 15) is 0 Å². The van der Waals surface area contributed by atoms with E-state index < -0.39 is 5.60 Å². The third-order valence-electron chi connectivity index (χ3n) is 4.68. The molecule has 1 fully saturated rings. The zero-order chi connectivity index (χ0) is 18.5. The van der Waals surface area contributed by atoms with Crippen LogP contribution in [-0.2, 0) is 10.3 Å². The van der Waals surface area contributed by atoms with Crippen molar-refractivity contribution in [1.29, 1.82) is 0 Å². The Morgan fingerprint density at radius 2 is 1.22 bits per heavy atom. The first-order valence-electron chi connectivity index (χ1n) is 8.93. The Bertz CT molecular complexity index is 785. The second-order valence-corrected chi connectivity index (χ2v) is 9.92. The molecule has 0 saturated carbocycles. The van der Waals surface area contributed by atoms with E-state index in [1.54, 1.807) is 23.5 Å². The maximum absolute atomic E-state index is 6.83. The summed E-state index contributed by atoms with van der Waals surface area (Å²) < 4.78 is 7.85. The minimum absolute atomic E-state index is 0.387. The summed E-state index contributed by atoms with van der Waals surface area (Å²) in [4.78, 5) is 0. The molecule has 1 aliphatic rings. The van der Waals surface area contributed by atoms with Gasteiger partial charge in [-0.3, -0.25) is 0 Å². The SMILES string of the molecule is S=C1SC[C@H](COC(c2ccccc2)(c2ccccc2)c2ccccc2)S1. The number of rotatable bonds is 6. The van der Waals surface area contributed by atoms with Crippen LogP contribution in [0.5, 0.6) is 0 Å². The largest absolute Gasteiger partial charge is 0.360 e. The zero-order valence-corrected chi connectivity index (χ0v) is 17.2. The summed E-state index contributed by atoms with van der Waals surface area (Å²) in [5, 5.41) is 0.387. The van der Waals surface area contributed by atoms with Gasteiger partial charge in [0.1, 0.15) is 9.13 Å². The van der Waals surface area contributed by atoms with Gasteiger partial charge in [0.2, 0.25) is 0 Å². The van der Waals surface area contributed by atoms with Gasteiger partial charge in [0.15, 0.2) is 0 Å². The van der Waals surface area contributed by atoms with E-state index in [2.05, 4.69) is 72.8 Å². The Labute approximate surface area is 174 Å². The molecule has 0 radical (unpaired) electrons. The van der Waals surface area contributed by atoms with Crippen molar-refractivity contribution in [2.45, 2.75) is 10.9 Å². The topological polar surface area (TPSA) is 9.23 Å². The molecule has 4 heteroatoms. The third-order valence-corrected chi connectivity index (χ3v) is 7.81. The van der Waals surface area contributed by atoms with Crippen molar-refractivity contribution in [3.05, 3.63) is 108 Å². The van der Waals surface area contributed by atoms with Gasteiger partial charge in [-0.2, -0.15) is 0 Å². The lowest BCUT2D eigenvalue weighted by atomic mass is 9.80. The quantitative estimate of drug-likeness (QED) is 0.358. The summed E-state index contributed by atoms with van der Waals surface area (Å²) in [6, 6.07) is 31.5. The fraction of sp³-hybridized carbons (Fsp3) is 0.174. The average molecular weight is 409 g/mol. The van der Waals surface area contributed by atoms with Crippen LogP contribution in [0.15, 0.2) is 91.0 Å². The predicted octanol–water partition coefficient (Wildman–Crippen LogP) is 6.13. The first-order chi connectivity index (χ1) is 13.3. The van der Waals surface area contributed by atoms with Crippen molar-refractivity contribution in [1.82, 2.24) is 0 Å². The molecule has 3 aromatic carbocycles. The van der Waals surface area contributed by atoms with Crippen molar-refractivity contribution in [3.63, 3.8) is 0 Å². The van der Waals surface area contributed by atoms with E-state index in [0.29, 0.717) is 11.9 Å². The van der Waals surface area contributed by atoms with Crippen LogP contribution in [0.1, 0.15) is 16.7 Å². The van der Waals surface area contributed by atoms with E-state index in [-0.39, 0.29) is 0 Å². The van der Waals surface area contributed by atoms with Crippen LogP contribution < -0.4 is 0 Å². The molecule has 3 aromatic rings. The lowest BCUT2D eigenvalue weighted by Gasteiger charge is -2.36. The first-order valence-corrected chi connectivity index (χ1v) is 11.2. The van der Waals surface area contributed by atoms with Gasteiger partial charge in [-0.15, -0.1) is 23.5 Å². The summed E-state index contributed by atoms with van der Waals surface area (Å²) in [5.41, 5.74) is 2.78. The van der Waals surface area contributed by atoms with Crippen LogP contribution in [0.3, 0.4) is 0 Å². The van der Waals surface area contributed by atoms with E-state index >= 15 is 0 Å². The standard InChI is InChI=1S/C23H20OS3/c25-22-26-17-21(27-22)16-24-23(18-10-4-1-5-11-18,19-12-6-2-7-13-19)20-14-8-3-9-15-20/h1-15,21H,16-17H2/t21-/m0/s1. The Kier molecular flexibility index (Phi) is 5.98. The minimum Gasteiger partial charge on any atom is -0.360 e. The Morgan fingerprint density at radius 3 is 1.59 bits per heavy atom. The number of ether oxygens (including phenoxy) is 1. The van der Waals surface area contributed by atoms with Gasteiger partial charge < -0.3 is 4.74 Å². The van der Waals surface area contributed by atoms with Gasteiger partial charge in [0, 0.05) is 11.0 Å². The molecule has 0 amide bonds. The van der Waals surface area contributed by atoms with E-state index in [0.717, 1.165) is 26.0 Å². The highest BCUT2D eigenvalue weighted by Gasteiger charge is 2.38. The van der Waals surface area contributed by atoms with Crippen molar-refractivity contribution in [2.75, 3.05) is 12.4 Å². The van der Waals surface area contributed by atoms with Crippen molar-refractivity contribution < 1.29 is 4.74 Å². The normalized spacial score (nSPS) is 17.2. The number of benzene rings is 3. The fourth-order valence-corrected chi connectivity index (χ4v) is 6.23. The molecule has 0 spiro atoms. The number of thiocarbonyl (C=S) groups is 1. The van der Waals surface area contributed by atoms with Crippen LogP contribution in [0.25, 0.3) is 0 Å². The summed E-state index contributed by atoms with van der Waals surface area (Å²) in [7, 11) is 0. The van der Waals surface area contributed by atoms with Crippen LogP contribution in [0.4, 0.5) is 0 Å². The smallest absolute Gasteiger partial charge is 0.143 e. The summed E-state index contributed by atoms with van der Waals surface area (Å²) in [6.07, 6.45) is 0. The number of hydrogen-bond donors (Lipinski definition) is 0. The third kappa shape index (κ3) is 3.99. The van der Waals surface area contributed by atoms with E-state index in [1.165, 1.54) is 0 Å². The maximum Gasteiger partial charge on any atom is 0.143 e. The van der Waals surface area contributed by atoms with Crippen molar-refractivity contribution in [3.8, 4) is 0 Å². The second-order valence-electron chi connectivity index (χ2n) is 6.39. The average Bonchev–Trinajstić information content (AvgIpc) is 3.16. The van der Waals surface area contributed by atoms with Crippen molar-refractivity contribution in [2.24, 2.45) is 0 Å². The molecular weight excluding hydrogens is 388 g/mol. The summed E-state index contributed by atoms with van der Waals surface area (Å²) >= 11 is 8.87. The molecule has 0 aromatic heterocycles. The number of hydrogen-bond acceptors (Lipinski definition) is 4. The maximum atomic E-state index is 6.83. The van der Waals surface area contributed by atoms with Gasteiger partial charge in [-0.1, -0.05) is 103 Å². The van der Waals surface area contributed by atoms with Crippen LogP contribution in [0.2, 0.25) is 0 Å². The Balaban J connectivity index is 1.82. The van der Waals surface area contributed by atoms with Crippen LogP contribution in [0, 0.1) is 0 Å².